The van der Waals surface area contributed by atoms with Crippen molar-refractivity contribution in [1.82, 2.24) is 9.88 Å². The SMILES string of the molecule is O=C(O)c1ccc(C(=O)N2CCc3ccccc3C2)nc1. The van der Waals surface area contributed by atoms with Gasteiger partial charge in [0.15, 0.2) is 0 Å². The Labute approximate surface area is 121 Å². The number of pyridine rings is 1. The molecule has 0 fully saturated rings. The number of nitrogens with zero attached hydrogens (tertiary/aromatic N) is 2. The van der Waals surface area contributed by atoms with Crippen molar-refractivity contribution in [2.24, 2.45) is 0 Å². The normalized spacial score (nSPS) is 13.6. The second kappa shape index (κ2) is 5.36. The molecule has 1 aliphatic rings. The molecule has 0 bridgehead atoms. The fraction of sp³-hybridized carbons (Fsp3) is 0.188. The zero-order valence-corrected chi connectivity index (χ0v) is 11.3. The molecular formula is C16H14N2O3. The summed E-state index contributed by atoms with van der Waals surface area (Å²) < 4.78 is 0. The highest BCUT2D eigenvalue weighted by Gasteiger charge is 2.22. The molecule has 1 amide bonds. The molecule has 0 aliphatic carbocycles. The Morgan fingerprint density at radius 1 is 1.10 bits per heavy atom. The largest absolute Gasteiger partial charge is 0.478 e. The fourth-order valence-electron chi connectivity index (χ4n) is 2.48. The van der Waals surface area contributed by atoms with Crippen LogP contribution in [-0.2, 0) is 13.0 Å². The zero-order chi connectivity index (χ0) is 14.8. The van der Waals surface area contributed by atoms with Crippen LogP contribution in [0.2, 0.25) is 0 Å². The van der Waals surface area contributed by atoms with Gasteiger partial charge in [0, 0.05) is 19.3 Å². The first-order chi connectivity index (χ1) is 10.1. The van der Waals surface area contributed by atoms with Crippen molar-refractivity contribution in [2.75, 3.05) is 6.54 Å². The summed E-state index contributed by atoms with van der Waals surface area (Å²) in [5, 5.41) is 8.84. The minimum absolute atomic E-state index is 0.0792. The second-order valence-electron chi connectivity index (χ2n) is 4.98. The van der Waals surface area contributed by atoms with Crippen molar-refractivity contribution >= 4 is 11.9 Å². The summed E-state index contributed by atoms with van der Waals surface area (Å²) in [4.78, 5) is 28.9. The number of benzene rings is 1. The average molecular weight is 282 g/mol. The standard InChI is InChI=1S/C16H14N2O3/c19-15(14-6-5-12(9-17-14)16(20)21)18-8-7-11-3-1-2-4-13(11)10-18/h1-6,9H,7-8,10H2,(H,20,21). The summed E-state index contributed by atoms with van der Waals surface area (Å²) in [5.74, 6) is -1.21. The molecule has 1 N–H and O–H groups in total. The van der Waals surface area contributed by atoms with Crippen LogP contribution in [0.1, 0.15) is 32.0 Å². The van der Waals surface area contributed by atoms with E-state index in [9.17, 15) is 9.59 Å². The molecule has 1 aromatic carbocycles. The highest BCUT2D eigenvalue weighted by molar-refractivity contribution is 5.93. The second-order valence-corrected chi connectivity index (χ2v) is 4.98. The molecule has 0 radical (unpaired) electrons. The van der Waals surface area contributed by atoms with Gasteiger partial charge in [-0.2, -0.15) is 0 Å². The van der Waals surface area contributed by atoms with E-state index in [1.54, 1.807) is 4.90 Å². The third-order valence-corrected chi connectivity index (χ3v) is 3.65. The number of fused-ring (bicyclic) bond motifs is 1. The Morgan fingerprint density at radius 3 is 2.52 bits per heavy atom. The lowest BCUT2D eigenvalue weighted by Gasteiger charge is -2.28. The molecule has 2 heterocycles. The number of hydrogen-bond acceptors (Lipinski definition) is 3. The molecule has 0 unspecified atom stereocenters. The molecular weight excluding hydrogens is 268 g/mol. The van der Waals surface area contributed by atoms with Crippen LogP contribution in [-0.4, -0.2) is 33.4 Å². The monoisotopic (exact) mass is 282 g/mol. The maximum Gasteiger partial charge on any atom is 0.337 e. The van der Waals surface area contributed by atoms with Crippen LogP contribution in [0.4, 0.5) is 0 Å². The van der Waals surface area contributed by atoms with Crippen molar-refractivity contribution in [3.05, 3.63) is 65.0 Å². The van der Waals surface area contributed by atoms with Gasteiger partial charge < -0.3 is 10.0 Å². The minimum Gasteiger partial charge on any atom is -0.478 e. The van der Waals surface area contributed by atoms with E-state index in [0.717, 1.165) is 12.0 Å². The smallest absolute Gasteiger partial charge is 0.337 e. The molecule has 0 saturated heterocycles. The van der Waals surface area contributed by atoms with E-state index in [4.69, 9.17) is 5.11 Å². The number of hydrogen-bond donors (Lipinski definition) is 1. The van der Waals surface area contributed by atoms with E-state index in [1.165, 1.54) is 23.9 Å². The van der Waals surface area contributed by atoms with E-state index < -0.39 is 5.97 Å². The predicted molar refractivity (Wildman–Crippen MR) is 76.1 cm³/mol. The molecule has 1 aromatic heterocycles. The molecule has 5 nitrogen and oxygen atoms in total. The van der Waals surface area contributed by atoms with Gasteiger partial charge in [0.2, 0.25) is 0 Å². The fourth-order valence-corrected chi connectivity index (χ4v) is 2.48. The van der Waals surface area contributed by atoms with Crippen LogP contribution in [0.5, 0.6) is 0 Å². The topological polar surface area (TPSA) is 70.5 Å². The summed E-state index contributed by atoms with van der Waals surface area (Å²) in [5.41, 5.74) is 2.78. The van der Waals surface area contributed by atoms with Gasteiger partial charge >= 0.3 is 5.97 Å². The van der Waals surface area contributed by atoms with Crippen LogP contribution < -0.4 is 0 Å². The molecule has 0 saturated carbocycles. The molecule has 1 aliphatic heterocycles. The van der Waals surface area contributed by atoms with Crippen molar-refractivity contribution < 1.29 is 14.7 Å². The van der Waals surface area contributed by atoms with Gasteiger partial charge in [0.05, 0.1) is 5.56 Å². The minimum atomic E-state index is -1.05. The molecule has 0 atom stereocenters. The Kier molecular flexibility index (Phi) is 3.39. The Morgan fingerprint density at radius 2 is 1.86 bits per heavy atom. The lowest BCUT2D eigenvalue weighted by Crippen LogP contribution is -2.36. The van der Waals surface area contributed by atoms with Crippen molar-refractivity contribution in [1.29, 1.82) is 0 Å². The van der Waals surface area contributed by atoms with Crippen LogP contribution in [0.3, 0.4) is 0 Å². The van der Waals surface area contributed by atoms with Crippen molar-refractivity contribution in [3.63, 3.8) is 0 Å². The molecule has 2 aromatic rings. The zero-order valence-electron chi connectivity index (χ0n) is 11.3. The quantitative estimate of drug-likeness (QED) is 0.914. The number of aromatic nitrogens is 1. The number of amides is 1. The summed E-state index contributed by atoms with van der Waals surface area (Å²) in [7, 11) is 0. The first-order valence-corrected chi connectivity index (χ1v) is 6.70. The third kappa shape index (κ3) is 2.63. The first-order valence-electron chi connectivity index (χ1n) is 6.70. The number of carbonyl (C=O) groups is 2. The number of carboxylic acids is 1. The van der Waals surface area contributed by atoms with Crippen LogP contribution >= 0.6 is 0 Å². The van der Waals surface area contributed by atoms with Crippen LogP contribution in [0.15, 0.2) is 42.6 Å². The van der Waals surface area contributed by atoms with Gasteiger partial charge in [-0.1, -0.05) is 24.3 Å². The van der Waals surface area contributed by atoms with Gasteiger partial charge in [-0.05, 0) is 29.7 Å². The molecule has 0 spiro atoms. The van der Waals surface area contributed by atoms with Crippen molar-refractivity contribution in [3.8, 4) is 0 Å². The number of aromatic carboxylic acids is 1. The van der Waals surface area contributed by atoms with E-state index in [-0.39, 0.29) is 17.2 Å². The van der Waals surface area contributed by atoms with E-state index >= 15 is 0 Å². The Hall–Kier alpha value is -2.69. The van der Waals surface area contributed by atoms with Crippen LogP contribution in [0, 0.1) is 0 Å². The van der Waals surface area contributed by atoms with Crippen LogP contribution in [0.25, 0.3) is 0 Å². The van der Waals surface area contributed by atoms with Gasteiger partial charge in [0.25, 0.3) is 5.91 Å². The lowest BCUT2D eigenvalue weighted by atomic mass is 10.00. The van der Waals surface area contributed by atoms with Gasteiger partial charge in [-0.15, -0.1) is 0 Å². The maximum absolute atomic E-state index is 12.4. The van der Waals surface area contributed by atoms with Gasteiger partial charge in [-0.3, -0.25) is 9.78 Å². The summed E-state index contributed by atoms with van der Waals surface area (Å²) in [6.07, 6.45) is 2.04. The van der Waals surface area contributed by atoms with E-state index in [0.29, 0.717) is 13.1 Å². The van der Waals surface area contributed by atoms with Crippen molar-refractivity contribution in [2.45, 2.75) is 13.0 Å². The first kappa shape index (κ1) is 13.3. The number of carbonyl (C=O) groups excluding carboxylic acids is 1. The molecule has 21 heavy (non-hydrogen) atoms. The highest BCUT2D eigenvalue weighted by Crippen LogP contribution is 2.19. The Balaban J connectivity index is 1.79. The summed E-state index contributed by atoms with van der Waals surface area (Å²) >= 11 is 0. The molecule has 5 heteroatoms. The molecule has 3 rings (SSSR count). The highest BCUT2D eigenvalue weighted by atomic mass is 16.4. The van der Waals surface area contributed by atoms with E-state index in [2.05, 4.69) is 11.1 Å². The van der Waals surface area contributed by atoms with E-state index in [1.807, 2.05) is 18.2 Å². The molecule has 106 valence electrons. The number of carboxylic acid groups (broad SMARTS) is 1. The van der Waals surface area contributed by atoms with Gasteiger partial charge in [-0.25, -0.2) is 4.79 Å². The van der Waals surface area contributed by atoms with Gasteiger partial charge in [0.1, 0.15) is 5.69 Å². The number of rotatable bonds is 2. The third-order valence-electron chi connectivity index (χ3n) is 3.65. The lowest BCUT2D eigenvalue weighted by molar-refractivity contribution is 0.0690. The average Bonchev–Trinajstić information content (AvgIpc) is 2.54. The summed E-state index contributed by atoms with van der Waals surface area (Å²) in [6, 6.07) is 10.9. The summed E-state index contributed by atoms with van der Waals surface area (Å²) in [6.45, 7) is 1.22. The predicted octanol–water partition coefficient (Wildman–Crippen LogP) is 1.98. The Bertz CT molecular complexity index is 695. The maximum atomic E-state index is 12.4.